The van der Waals surface area contributed by atoms with Gasteiger partial charge in [-0.2, -0.15) is 0 Å². The van der Waals surface area contributed by atoms with Crippen LogP contribution in [0.3, 0.4) is 0 Å². The van der Waals surface area contributed by atoms with E-state index in [-0.39, 0.29) is 23.7 Å². The maximum Gasteiger partial charge on any atom is 0.339 e. The Balaban J connectivity index is 1.29. The molecular weight excluding hydrogens is 402 g/mol. The number of cyclic esters (lactones) is 1. The van der Waals surface area contributed by atoms with Crippen LogP contribution < -0.4 is 0 Å². The van der Waals surface area contributed by atoms with Gasteiger partial charge in [0.05, 0.1) is 5.56 Å². The number of phenols is 1. The van der Waals surface area contributed by atoms with Crippen LogP contribution in [0.4, 0.5) is 0 Å². The number of rotatable bonds is 3. The van der Waals surface area contributed by atoms with Gasteiger partial charge in [-0.1, -0.05) is 42.5 Å². The fourth-order valence-corrected chi connectivity index (χ4v) is 4.73. The van der Waals surface area contributed by atoms with E-state index in [0.717, 1.165) is 24.0 Å². The molecule has 0 aliphatic carbocycles. The van der Waals surface area contributed by atoms with E-state index < -0.39 is 0 Å². The van der Waals surface area contributed by atoms with Crippen LogP contribution in [0.25, 0.3) is 0 Å². The van der Waals surface area contributed by atoms with Gasteiger partial charge in [0.1, 0.15) is 11.9 Å². The minimum atomic E-state index is -0.339. The number of benzene rings is 3. The van der Waals surface area contributed by atoms with Crippen LogP contribution >= 0.6 is 0 Å². The number of hydrogen-bond acceptors (Lipinski definition) is 4. The molecule has 5 heteroatoms. The van der Waals surface area contributed by atoms with Gasteiger partial charge in [-0.05, 0) is 65.8 Å². The summed E-state index contributed by atoms with van der Waals surface area (Å²) in [6, 6.07) is 22.4. The predicted molar refractivity (Wildman–Crippen MR) is 121 cm³/mol. The van der Waals surface area contributed by atoms with Gasteiger partial charge in [0.25, 0.3) is 5.91 Å². The molecule has 32 heavy (non-hydrogen) atoms. The van der Waals surface area contributed by atoms with Gasteiger partial charge in [0, 0.05) is 25.1 Å². The molecule has 0 spiro atoms. The molecule has 2 aliphatic heterocycles. The second-order valence-electron chi connectivity index (χ2n) is 8.54. The number of likely N-dealkylation sites (tertiary alicyclic amines) is 1. The molecule has 1 unspecified atom stereocenters. The topological polar surface area (TPSA) is 66.8 Å². The number of ether oxygens (including phenoxy) is 1. The molecule has 5 nitrogen and oxygen atoms in total. The highest BCUT2D eigenvalue weighted by atomic mass is 16.5. The number of fused-ring (bicyclic) bond motifs is 1. The molecule has 2 aliphatic rings. The molecule has 2 heterocycles. The zero-order chi connectivity index (χ0) is 22.1. The second-order valence-corrected chi connectivity index (χ2v) is 8.54. The fraction of sp³-hybridized carbons (Fsp3) is 0.259. The largest absolute Gasteiger partial charge is 0.508 e. The lowest BCUT2D eigenvalue weighted by Gasteiger charge is -2.32. The highest BCUT2D eigenvalue weighted by Gasteiger charge is 2.30. The quantitative estimate of drug-likeness (QED) is 0.606. The molecule has 3 aromatic rings. The lowest BCUT2D eigenvalue weighted by atomic mass is 9.89. The molecule has 1 atom stereocenters. The average Bonchev–Trinajstić information content (AvgIpc) is 2.84. The number of hydrogen-bond donors (Lipinski definition) is 1. The molecular formula is C27H25NO4. The first-order chi connectivity index (χ1) is 15.6. The summed E-state index contributed by atoms with van der Waals surface area (Å²) in [7, 11) is 0. The molecule has 5 rings (SSSR count). The zero-order valence-electron chi connectivity index (χ0n) is 17.7. The number of carbonyl (C=O) groups excluding carboxylic acids is 2. The van der Waals surface area contributed by atoms with E-state index in [0.29, 0.717) is 36.6 Å². The van der Waals surface area contributed by atoms with E-state index in [1.165, 1.54) is 5.56 Å². The van der Waals surface area contributed by atoms with Crippen LogP contribution in [0.5, 0.6) is 5.75 Å². The number of aromatic hydroxyl groups is 1. The summed E-state index contributed by atoms with van der Waals surface area (Å²) >= 11 is 0. The summed E-state index contributed by atoms with van der Waals surface area (Å²) < 4.78 is 5.63. The molecule has 0 radical (unpaired) electrons. The number of nitrogens with zero attached hydrogens (tertiary/aromatic N) is 1. The zero-order valence-corrected chi connectivity index (χ0v) is 17.7. The Morgan fingerprint density at radius 1 is 0.906 bits per heavy atom. The minimum absolute atomic E-state index is 0.00663. The fourth-order valence-electron chi connectivity index (χ4n) is 4.73. The number of piperidine rings is 1. The van der Waals surface area contributed by atoms with Crippen molar-refractivity contribution < 1.29 is 19.4 Å². The third-order valence-electron chi connectivity index (χ3n) is 6.54. The smallest absolute Gasteiger partial charge is 0.339 e. The van der Waals surface area contributed by atoms with Crippen LogP contribution in [0.2, 0.25) is 0 Å². The first-order valence-electron chi connectivity index (χ1n) is 11.1. The normalized spacial score (nSPS) is 18.7. The van der Waals surface area contributed by atoms with Crippen molar-refractivity contribution in [3.8, 4) is 5.75 Å². The third-order valence-corrected chi connectivity index (χ3v) is 6.54. The number of carbonyl (C=O) groups is 2. The Morgan fingerprint density at radius 3 is 2.34 bits per heavy atom. The van der Waals surface area contributed by atoms with Crippen molar-refractivity contribution in [2.45, 2.75) is 31.3 Å². The standard InChI is InChI=1S/C27H25NO4/c29-23-9-6-18(7-10-23)19-12-14-28(15-13-19)26(30)21-8-11-24-22(16-21)17-25(32-27(24)31)20-4-2-1-3-5-20/h1-11,16,19,25,29H,12-15,17H2. The maximum atomic E-state index is 13.2. The molecule has 1 fully saturated rings. The number of amides is 1. The second kappa shape index (κ2) is 8.50. The van der Waals surface area contributed by atoms with E-state index >= 15 is 0 Å². The third kappa shape index (κ3) is 3.98. The van der Waals surface area contributed by atoms with Crippen molar-refractivity contribution in [1.82, 2.24) is 4.90 Å². The Hall–Kier alpha value is -3.60. The molecule has 1 N–H and O–H groups in total. The van der Waals surface area contributed by atoms with E-state index in [9.17, 15) is 14.7 Å². The van der Waals surface area contributed by atoms with E-state index in [2.05, 4.69) is 0 Å². The summed E-state index contributed by atoms with van der Waals surface area (Å²) in [5, 5.41) is 9.50. The predicted octanol–water partition coefficient (Wildman–Crippen LogP) is 4.87. The highest BCUT2D eigenvalue weighted by Crippen LogP contribution is 2.32. The van der Waals surface area contributed by atoms with Crippen LogP contribution in [0.1, 0.15) is 62.3 Å². The van der Waals surface area contributed by atoms with Crippen LogP contribution in [-0.2, 0) is 11.2 Å². The van der Waals surface area contributed by atoms with E-state index in [1.807, 2.05) is 53.4 Å². The van der Waals surface area contributed by atoms with Gasteiger partial charge in [0.15, 0.2) is 0 Å². The Labute approximate surface area is 187 Å². The maximum absolute atomic E-state index is 13.2. The lowest BCUT2D eigenvalue weighted by molar-refractivity contribution is 0.0252. The molecule has 162 valence electrons. The van der Waals surface area contributed by atoms with Crippen LogP contribution in [0, 0.1) is 0 Å². The van der Waals surface area contributed by atoms with E-state index in [1.54, 1.807) is 24.3 Å². The molecule has 0 saturated carbocycles. The Bertz CT molecular complexity index is 1130. The summed E-state index contributed by atoms with van der Waals surface area (Å²) in [5.41, 5.74) is 4.18. The number of phenolic OH excluding ortho intramolecular Hbond substituents is 1. The lowest BCUT2D eigenvalue weighted by Crippen LogP contribution is -2.38. The summed E-state index contributed by atoms with van der Waals surface area (Å²) in [5.74, 6) is 0.331. The summed E-state index contributed by atoms with van der Waals surface area (Å²) in [4.78, 5) is 27.6. The van der Waals surface area contributed by atoms with Crippen molar-refractivity contribution in [2.24, 2.45) is 0 Å². The van der Waals surface area contributed by atoms with Gasteiger partial charge in [-0.15, -0.1) is 0 Å². The van der Waals surface area contributed by atoms with E-state index in [4.69, 9.17) is 4.74 Å². The van der Waals surface area contributed by atoms with Crippen molar-refractivity contribution in [2.75, 3.05) is 13.1 Å². The highest BCUT2D eigenvalue weighted by molar-refractivity contribution is 5.97. The van der Waals surface area contributed by atoms with Gasteiger partial charge in [0.2, 0.25) is 0 Å². The van der Waals surface area contributed by atoms with Crippen molar-refractivity contribution >= 4 is 11.9 Å². The number of esters is 1. The van der Waals surface area contributed by atoms with Crippen LogP contribution in [-0.4, -0.2) is 35.0 Å². The Kier molecular flexibility index (Phi) is 5.39. The molecule has 3 aromatic carbocycles. The molecule has 1 amide bonds. The average molecular weight is 428 g/mol. The SMILES string of the molecule is O=C1OC(c2ccccc2)Cc2cc(C(=O)N3CCC(c4ccc(O)cc4)CC3)ccc21. The molecule has 0 bridgehead atoms. The summed E-state index contributed by atoms with van der Waals surface area (Å²) in [6.45, 7) is 1.38. The van der Waals surface area contributed by atoms with Crippen molar-refractivity contribution in [3.63, 3.8) is 0 Å². The minimum Gasteiger partial charge on any atom is -0.508 e. The van der Waals surface area contributed by atoms with Gasteiger partial charge < -0.3 is 14.7 Å². The van der Waals surface area contributed by atoms with Crippen LogP contribution in [0.15, 0.2) is 72.8 Å². The summed E-state index contributed by atoms with van der Waals surface area (Å²) in [6.07, 6.45) is 2.02. The van der Waals surface area contributed by atoms with Crippen molar-refractivity contribution in [3.05, 3.63) is 101 Å². The first kappa shape index (κ1) is 20.3. The van der Waals surface area contributed by atoms with Gasteiger partial charge >= 0.3 is 5.97 Å². The van der Waals surface area contributed by atoms with Crippen molar-refractivity contribution in [1.29, 1.82) is 0 Å². The van der Waals surface area contributed by atoms with Gasteiger partial charge in [-0.3, -0.25) is 4.79 Å². The molecule has 1 saturated heterocycles. The molecule has 0 aromatic heterocycles. The van der Waals surface area contributed by atoms with Gasteiger partial charge in [-0.25, -0.2) is 4.79 Å². The monoisotopic (exact) mass is 427 g/mol. The Morgan fingerprint density at radius 2 is 1.62 bits per heavy atom. The first-order valence-corrected chi connectivity index (χ1v) is 11.1.